The Hall–Kier alpha value is -3.45. The van der Waals surface area contributed by atoms with Crippen LogP contribution in [0.5, 0.6) is 5.75 Å². The van der Waals surface area contributed by atoms with E-state index < -0.39 is 6.04 Å². The summed E-state index contributed by atoms with van der Waals surface area (Å²) in [5.41, 5.74) is 3.82. The number of fused-ring (bicyclic) bond motifs is 1. The second kappa shape index (κ2) is 9.81. The van der Waals surface area contributed by atoms with Crippen molar-refractivity contribution in [3.8, 4) is 5.75 Å². The standard InChI is InChI=1S/C27H29N3O3S/c1-6-29(7-2)26(32)23-18(4)28-27-30(24(23)20-10-8-9-11-21(20)33-5)25(31)22(34-27)16-19-14-12-17(3)13-15-19/h8-16,24H,6-7H2,1-5H3/b22-16+/t24-/m0/s1. The number of para-hydroxylation sites is 1. The maximum Gasteiger partial charge on any atom is 0.271 e. The van der Waals surface area contributed by atoms with Crippen molar-refractivity contribution in [1.82, 2.24) is 9.47 Å². The minimum atomic E-state index is -0.624. The van der Waals surface area contributed by atoms with E-state index in [1.165, 1.54) is 11.3 Å². The van der Waals surface area contributed by atoms with Crippen LogP contribution >= 0.6 is 11.3 Å². The van der Waals surface area contributed by atoms with Crippen molar-refractivity contribution < 1.29 is 9.53 Å². The van der Waals surface area contributed by atoms with Crippen LogP contribution in [0.2, 0.25) is 0 Å². The fraction of sp³-hybridized carbons (Fsp3) is 0.296. The number of aromatic nitrogens is 1. The van der Waals surface area contributed by atoms with Crippen molar-refractivity contribution in [2.24, 2.45) is 4.99 Å². The molecule has 0 bridgehead atoms. The normalized spacial score (nSPS) is 15.7. The number of nitrogens with zero attached hydrogens (tertiary/aromatic N) is 3. The zero-order chi connectivity index (χ0) is 24.4. The molecule has 0 aliphatic carbocycles. The molecule has 0 radical (unpaired) electrons. The molecule has 0 unspecified atom stereocenters. The first-order chi connectivity index (χ1) is 16.4. The fourth-order valence-corrected chi connectivity index (χ4v) is 5.32. The van der Waals surface area contributed by atoms with Gasteiger partial charge in [-0.05, 0) is 45.4 Å². The van der Waals surface area contributed by atoms with Crippen molar-refractivity contribution in [2.45, 2.75) is 33.7 Å². The van der Waals surface area contributed by atoms with Crippen LogP contribution in [0.1, 0.15) is 43.5 Å². The molecule has 7 heteroatoms. The van der Waals surface area contributed by atoms with Gasteiger partial charge in [0.05, 0.1) is 22.9 Å². The van der Waals surface area contributed by atoms with Crippen LogP contribution in [-0.2, 0) is 4.79 Å². The number of carbonyl (C=O) groups excluding carboxylic acids is 1. The molecule has 34 heavy (non-hydrogen) atoms. The van der Waals surface area contributed by atoms with Gasteiger partial charge < -0.3 is 9.64 Å². The summed E-state index contributed by atoms with van der Waals surface area (Å²) in [5, 5.41) is 0. The fourth-order valence-electron chi connectivity index (χ4n) is 4.28. The van der Waals surface area contributed by atoms with E-state index in [1.807, 2.05) is 82.3 Å². The van der Waals surface area contributed by atoms with E-state index in [9.17, 15) is 9.59 Å². The van der Waals surface area contributed by atoms with E-state index in [2.05, 4.69) is 0 Å². The number of benzene rings is 2. The van der Waals surface area contributed by atoms with Crippen LogP contribution in [0.25, 0.3) is 6.08 Å². The maximum atomic E-state index is 13.7. The summed E-state index contributed by atoms with van der Waals surface area (Å²) in [6.07, 6.45) is 1.88. The van der Waals surface area contributed by atoms with Gasteiger partial charge >= 0.3 is 0 Å². The van der Waals surface area contributed by atoms with Crippen molar-refractivity contribution >= 4 is 23.3 Å². The van der Waals surface area contributed by atoms with Gasteiger partial charge in [0.25, 0.3) is 11.5 Å². The molecule has 0 N–H and O–H groups in total. The van der Waals surface area contributed by atoms with Gasteiger partial charge in [-0.3, -0.25) is 14.2 Å². The number of amides is 1. The van der Waals surface area contributed by atoms with E-state index >= 15 is 0 Å². The number of aryl methyl sites for hydroxylation is 1. The van der Waals surface area contributed by atoms with Crippen LogP contribution in [0.3, 0.4) is 0 Å². The molecule has 0 saturated carbocycles. The lowest BCUT2D eigenvalue weighted by atomic mass is 9.94. The van der Waals surface area contributed by atoms with Crippen LogP contribution in [-0.4, -0.2) is 35.6 Å². The van der Waals surface area contributed by atoms with E-state index in [4.69, 9.17) is 9.73 Å². The molecule has 1 aliphatic heterocycles. The minimum absolute atomic E-state index is 0.116. The molecule has 176 valence electrons. The molecule has 2 aromatic carbocycles. The average molecular weight is 476 g/mol. The number of thiazole rings is 1. The van der Waals surface area contributed by atoms with Crippen molar-refractivity contribution in [2.75, 3.05) is 20.2 Å². The Balaban J connectivity index is 1.99. The van der Waals surface area contributed by atoms with Crippen molar-refractivity contribution in [3.05, 3.63) is 96.2 Å². The molecular formula is C27H29N3O3S. The van der Waals surface area contributed by atoms with Crippen molar-refractivity contribution in [1.29, 1.82) is 0 Å². The highest BCUT2D eigenvalue weighted by atomic mass is 32.1. The van der Waals surface area contributed by atoms with E-state index in [1.54, 1.807) is 16.6 Å². The SMILES string of the molecule is CCN(CC)C(=O)C1=C(C)N=c2s/c(=C/c3ccc(C)cc3)c(=O)n2[C@H]1c1ccccc1OC. The lowest BCUT2D eigenvalue weighted by Crippen LogP contribution is -2.43. The second-order valence-electron chi connectivity index (χ2n) is 8.21. The van der Waals surface area contributed by atoms with Crippen LogP contribution in [0.15, 0.2) is 69.6 Å². The number of ether oxygens (including phenoxy) is 1. The summed E-state index contributed by atoms with van der Waals surface area (Å²) in [5.74, 6) is 0.509. The van der Waals surface area contributed by atoms with Gasteiger partial charge in [-0.25, -0.2) is 4.99 Å². The lowest BCUT2D eigenvalue weighted by molar-refractivity contribution is -0.127. The third-order valence-electron chi connectivity index (χ3n) is 6.11. The van der Waals surface area contributed by atoms with Gasteiger partial charge in [0.1, 0.15) is 11.8 Å². The summed E-state index contributed by atoms with van der Waals surface area (Å²) in [4.78, 5) is 34.5. The molecule has 1 aliphatic rings. The summed E-state index contributed by atoms with van der Waals surface area (Å²) in [7, 11) is 1.60. The molecule has 0 spiro atoms. The van der Waals surface area contributed by atoms with Gasteiger partial charge in [-0.2, -0.15) is 0 Å². The first-order valence-electron chi connectivity index (χ1n) is 11.4. The van der Waals surface area contributed by atoms with Crippen LogP contribution in [0, 0.1) is 6.92 Å². The first-order valence-corrected chi connectivity index (χ1v) is 12.2. The van der Waals surface area contributed by atoms with Gasteiger partial charge in [0, 0.05) is 18.7 Å². The molecule has 0 saturated heterocycles. The summed E-state index contributed by atoms with van der Waals surface area (Å²) < 4.78 is 7.87. The van der Waals surface area contributed by atoms with Gasteiger partial charge in [-0.1, -0.05) is 59.4 Å². The highest BCUT2D eigenvalue weighted by molar-refractivity contribution is 7.07. The molecule has 2 heterocycles. The number of hydrogen-bond donors (Lipinski definition) is 0. The first kappa shape index (κ1) is 23.7. The Morgan fingerprint density at radius 1 is 1.12 bits per heavy atom. The highest BCUT2D eigenvalue weighted by Crippen LogP contribution is 2.35. The number of rotatable bonds is 6. The Labute approximate surface area is 203 Å². The summed E-state index contributed by atoms with van der Waals surface area (Å²) in [6.45, 7) is 8.92. The molecule has 1 atom stereocenters. The maximum absolute atomic E-state index is 13.7. The van der Waals surface area contributed by atoms with E-state index in [-0.39, 0.29) is 11.5 Å². The number of allylic oxidation sites excluding steroid dienone is 1. The molecule has 1 aromatic heterocycles. The minimum Gasteiger partial charge on any atom is -0.496 e. The molecular weight excluding hydrogens is 446 g/mol. The Bertz CT molecular complexity index is 1430. The topological polar surface area (TPSA) is 63.9 Å². The molecule has 1 amide bonds. The summed E-state index contributed by atoms with van der Waals surface area (Å²) >= 11 is 1.34. The monoisotopic (exact) mass is 475 g/mol. The molecule has 6 nitrogen and oxygen atoms in total. The molecule has 0 fully saturated rings. The average Bonchev–Trinajstić information content (AvgIpc) is 3.14. The predicted molar refractivity (Wildman–Crippen MR) is 136 cm³/mol. The zero-order valence-electron chi connectivity index (χ0n) is 20.2. The molecule has 3 aromatic rings. The van der Waals surface area contributed by atoms with Crippen molar-refractivity contribution in [3.63, 3.8) is 0 Å². The van der Waals surface area contributed by atoms with Crippen LogP contribution < -0.4 is 19.6 Å². The highest BCUT2D eigenvalue weighted by Gasteiger charge is 2.35. The summed E-state index contributed by atoms with van der Waals surface area (Å²) in [6, 6.07) is 14.9. The van der Waals surface area contributed by atoms with Crippen LogP contribution in [0.4, 0.5) is 0 Å². The zero-order valence-corrected chi connectivity index (χ0v) is 21.0. The number of carbonyl (C=O) groups is 1. The Morgan fingerprint density at radius 3 is 2.44 bits per heavy atom. The Kier molecular flexibility index (Phi) is 6.84. The lowest BCUT2D eigenvalue weighted by Gasteiger charge is -2.29. The van der Waals surface area contributed by atoms with E-state index in [0.717, 1.165) is 16.7 Å². The number of likely N-dealkylation sites (N-methyl/N-ethyl adjacent to an activating group) is 1. The van der Waals surface area contributed by atoms with Gasteiger partial charge in [0.2, 0.25) is 0 Å². The Morgan fingerprint density at radius 2 is 1.79 bits per heavy atom. The van der Waals surface area contributed by atoms with Gasteiger partial charge in [-0.15, -0.1) is 0 Å². The predicted octanol–water partition coefficient (Wildman–Crippen LogP) is 3.42. The molecule has 4 rings (SSSR count). The quantitative estimate of drug-likeness (QED) is 0.549. The third kappa shape index (κ3) is 4.23. The van der Waals surface area contributed by atoms with E-state index in [0.29, 0.717) is 39.4 Å². The third-order valence-corrected chi connectivity index (χ3v) is 7.09. The smallest absolute Gasteiger partial charge is 0.271 e. The second-order valence-corrected chi connectivity index (χ2v) is 9.22. The number of methoxy groups -OCH3 is 1. The number of hydrogen-bond acceptors (Lipinski definition) is 5. The van der Waals surface area contributed by atoms with Gasteiger partial charge in [0.15, 0.2) is 4.80 Å². The largest absolute Gasteiger partial charge is 0.496 e.